The summed E-state index contributed by atoms with van der Waals surface area (Å²) < 4.78 is 0. The Morgan fingerprint density at radius 1 is 0.265 bits per heavy atom. The lowest BCUT2D eigenvalue weighted by Gasteiger charge is -2.36. The zero-order chi connectivity index (χ0) is 34.0. The molecule has 0 atom stereocenters. The Labute approximate surface area is 305 Å². The highest BCUT2D eigenvalue weighted by atomic mass is 15.3. The molecule has 0 aromatic carbocycles. The van der Waals surface area contributed by atoms with Crippen molar-refractivity contribution in [1.29, 1.82) is 0 Å². The van der Waals surface area contributed by atoms with Crippen LogP contribution in [-0.2, 0) is 0 Å². The predicted octanol–water partition coefficient (Wildman–Crippen LogP) is 5.40. The molecule has 0 saturated carbocycles. The highest BCUT2D eigenvalue weighted by Gasteiger charge is 2.18. The molecule has 8 nitrogen and oxygen atoms in total. The van der Waals surface area contributed by atoms with E-state index in [-0.39, 0.29) is 0 Å². The summed E-state index contributed by atoms with van der Waals surface area (Å²) in [6.45, 7) is 28.3. The van der Waals surface area contributed by atoms with Crippen molar-refractivity contribution in [2.45, 2.75) is 116 Å². The number of hydrogen-bond donors (Lipinski definition) is 1. The second-order valence-corrected chi connectivity index (χ2v) is 16.5. The Morgan fingerprint density at radius 3 is 0.755 bits per heavy atom. The van der Waals surface area contributed by atoms with Gasteiger partial charge in [0.15, 0.2) is 0 Å². The SMILES string of the molecule is CN1CCN(CCCCCCCCCCN2CCN(CCCCN3CCN(CCCCCCCCCCN4CCNCC4)CC3)CC2)CC1. The van der Waals surface area contributed by atoms with Gasteiger partial charge in [0, 0.05) is 105 Å². The largest absolute Gasteiger partial charge is 0.314 e. The van der Waals surface area contributed by atoms with Crippen LogP contribution < -0.4 is 5.32 Å². The van der Waals surface area contributed by atoms with Crippen molar-refractivity contribution in [3.8, 4) is 0 Å². The molecule has 4 fully saturated rings. The Morgan fingerprint density at radius 2 is 0.469 bits per heavy atom. The van der Waals surface area contributed by atoms with Gasteiger partial charge >= 0.3 is 0 Å². The number of likely N-dealkylation sites (N-methyl/N-ethyl adjacent to an activating group) is 1. The van der Waals surface area contributed by atoms with Crippen molar-refractivity contribution in [2.24, 2.45) is 0 Å². The van der Waals surface area contributed by atoms with Crippen LogP contribution in [0.25, 0.3) is 0 Å². The van der Waals surface area contributed by atoms with E-state index in [0.29, 0.717) is 0 Å². The Bertz CT molecular complexity index is 740. The summed E-state index contributed by atoms with van der Waals surface area (Å²) in [4.78, 5) is 18.7. The number of nitrogens with one attached hydrogen (secondary N) is 1. The molecule has 4 aliphatic heterocycles. The zero-order valence-electron chi connectivity index (χ0n) is 32.9. The third-order valence-corrected chi connectivity index (χ3v) is 12.3. The van der Waals surface area contributed by atoms with Crippen LogP contribution >= 0.6 is 0 Å². The van der Waals surface area contributed by atoms with E-state index in [1.54, 1.807) is 0 Å². The second kappa shape index (κ2) is 27.3. The van der Waals surface area contributed by atoms with E-state index in [0.717, 1.165) is 0 Å². The van der Waals surface area contributed by atoms with Gasteiger partial charge in [-0.05, 0) is 84.8 Å². The molecule has 0 bridgehead atoms. The molecule has 0 aliphatic carbocycles. The van der Waals surface area contributed by atoms with Crippen LogP contribution in [0.2, 0.25) is 0 Å². The van der Waals surface area contributed by atoms with Crippen molar-refractivity contribution in [1.82, 2.24) is 39.6 Å². The molecule has 4 rings (SSSR count). The first-order valence-corrected chi connectivity index (χ1v) is 22.0. The first kappa shape index (κ1) is 41.4. The molecule has 0 unspecified atom stereocenters. The number of nitrogens with zero attached hydrogens (tertiary/aromatic N) is 7. The first-order chi connectivity index (χ1) is 24.2. The molecule has 288 valence electrons. The second-order valence-electron chi connectivity index (χ2n) is 16.5. The molecule has 0 radical (unpaired) electrons. The fourth-order valence-corrected chi connectivity index (χ4v) is 8.61. The molecule has 8 heteroatoms. The van der Waals surface area contributed by atoms with E-state index in [1.165, 1.54) is 260 Å². The van der Waals surface area contributed by atoms with Crippen molar-refractivity contribution in [2.75, 3.05) is 151 Å². The van der Waals surface area contributed by atoms with Gasteiger partial charge in [-0.2, -0.15) is 0 Å². The normalized spacial score (nSPS) is 22.0. The van der Waals surface area contributed by atoms with E-state index in [2.05, 4.69) is 46.7 Å². The molecule has 0 aromatic rings. The molecule has 0 spiro atoms. The van der Waals surface area contributed by atoms with Crippen LogP contribution in [0.5, 0.6) is 0 Å². The zero-order valence-corrected chi connectivity index (χ0v) is 32.9. The maximum atomic E-state index is 3.46. The number of piperazine rings is 4. The highest BCUT2D eigenvalue weighted by Crippen LogP contribution is 2.13. The lowest BCUT2D eigenvalue weighted by Crippen LogP contribution is -2.47. The van der Waals surface area contributed by atoms with E-state index in [9.17, 15) is 0 Å². The number of hydrogen-bond acceptors (Lipinski definition) is 8. The minimum atomic E-state index is 1.19. The van der Waals surface area contributed by atoms with Crippen LogP contribution in [0, 0.1) is 0 Å². The summed E-state index contributed by atoms with van der Waals surface area (Å²) in [6.07, 6.45) is 25.8. The average molecular weight is 689 g/mol. The van der Waals surface area contributed by atoms with Crippen molar-refractivity contribution in [3.63, 3.8) is 0 Å². The van der Waals surface area contributed by atoms with Crippen molar-refractivity contribution >= 4 is 0 Å². The van der Waals surface area contributed by atoms with Crippen LogP contribution in [0.4, 0.5) is 0 Å². The number of unbranched alkanes of at least 4 members (excludes halogenated alkanes) is 15. The molecule has 4 heterocycles. The van der Waals surface area contributed by atoms with Gasteiger partial charge in [-0.1, -0.05) is 77.0 Å². The van der Waals surface area contributed by atoms with E-state index in [4.69, 9.17) is 0 Å². The molecule has 0 aromatic heterocycles. The van der Waals surface area contributed by atoms with Crippen LogP contribution in [0.15, 0.2) is 0 Å². The average Bonchev–Trinajstić information content (AvgIpc) is 3.14. The van der Waals surface area contributed by atoms with E-state index < -0.39 is 0 Å². The molecular weight excluding hydrogens is 605 g/mol. The summed E-state index contributed by atoms with van der Waals surface area (Å²) in [5, 5.41) is 3.46. The summed E-state index contributed by atoms with van der Waals surface area (Å²) in [6, 6.07) is 0. The molecule has 49 heavy (non-hydrogen) atoms. The minimum absolute atomic E-state index is 1.19. The fraction of sp³-hybridized carbons (Fsp3) is 1.00. The Hall–Kier alpha value is -0.320. The number of rotatable bonds is 27. The van der Waals surface area contributed by atoms with Gasteiger partial charge in [0.05, 0.1) is 0 Å². The van der Waals surface area contributed by atoms with Gasteiger partial charge < -0.3 is 39.6 Å². The predicted molar refractivity (Wildman–Crippen MR) is 212 cm³/mol. The van der Waals surface area contributed by atoms with Crippen molar-refractivity contribution < 1.29 is 0 Å². The Kier molecular flexibility index (Phi) is 23.1. The smallest absolute Gasteiger partial charge is 0.0110 e. The standard InChI is InChI=1S/C41H84N8/c1-43-30-32-45(33-31-43)23-15-11-7-4-5-9-13-17-25-47-36-40-49(41-37-47)27-19-18-26-48-38-34-46(35-39-48)24-16-12-8-3-2-6-10-14-22-44-28-20-42-21-29-44/h42H,2-41H2,1H3. The molecule has 4 saturated heterocycles. The minimum Gasteiger partial charge on any atom is -0.314 e. The molecular formula is C41H84N8. The lowest BCUT2D eigenvalue weighted by atomic mass is 10.1. The van der Waals surface area contributed by atoms with Crippen LogP contribution in [0.3, 0.4) is 0 Å². The van der Waals surface area contributed by atoms with E-state index in [1.807, 2.05) is 0 Å². The Balaban J connectivity index is 0.837. The highest BCUT2D eigenvalue weighted by molar-refractivity contribution is 4.75. The summed E-state index contributed by atoms with van der Waals surface area (Å²) in [7, 11) is 2.25. The maximum Gasteiger partial charge on any atom is 0.0110 e. The fourth-order valence-electron chi connectivity index (χ4n) is 8.61. The first-order valence-electron chi connectivity index (χ1n) is 22.0. The van der Waals surface area contributed by atoms with Gasteiger partial charge in [-0.3, -0.25) is 0 Å². The van der Waals surface area contributed by atoms with Gasteiger partial charge in [0.2, 0.25) is 0 Å². The summed E-state index contributed by atoms with van der Waals surface area (Å²) in [5.74, 6) is 0. The molecule has 1 N–H and O–H groups in total. The van der Waals surface area contributed by atoms with Crippen LogP contribution in [0.1, 0.15) is 116 Å². The molecule has 4 aliphatic rings. The van der Waals surface area contributed by atoms with Gasteiger partial charge in [-0.25, -0.2) is 0 Å². The van der Waals surface area contributed by atoms with Crippen molar-refractivity contribution in [3.05, 3.63) is 0 Å². The van der Waals surface area contributed by atoms with Gasteiger partial charge in [0.25, 0.3) is 0 Å². The summed E-state index contributed by atoms with van der Waals surface area (Å²) >= 11 is 0. The lowest BCUT2D eigenvalue weighted by molar-refractivity contribution is 0.118. The van der Waals surface area contributed by atoms with Gasteiger partial charge in [-0.15, -0.1) is 0 Å². The van der Waals surface area contributed by atoms with Gasteiger partial charge in [0.1, 0.15) is 0 Å². The third kappa shape index (κ3) is 19.9. The van der Waals surface area contributed by atoms with E-state index >= 15 is 0 Å². The monoisotopic (exact) mass is 689 g/mol. The topological polar surface area (TPSA) is 34.7 Å². The maximum absolute atomic E-state index is 3.46. The third-order valence-electron chi connectivity index (χ3n) is 12.3. The molecule has 0 amide bonds. The van der Waals surface area contributed by atoms with Crippen LogP contribution in [-0.4, -0.2) is 185 Å². The summed E-state index contributed by atoms with van der Waals surface area (Å²) in [5.41, 5.74) is 0. The quantitative estimate of drug-likeness (QED) is 0.115.